The maximum Gasteiger partial charge on any atom is 0.256 e. The van der Waals surface area contributed by atoms with Crippen LogP contribution in [0.25, 0.3) is 0 Å². The molecule has 1 unspecified atom stereocenters. The van der Waals surface area contributed by atoms with Crippen LogP contribution in [0.15, 0.2) is 48.5 Å². The Labute approximate surface area is 238 Å². The van der Waals surface area contributed by atoms with Gasteiger partial charge in [-0.2, -0.15) is 0 Å². The van der Waals surface area contributed by atoms with Gasteiger partial charge in [0.25, 0.3) is 5.91 Å². The van der Waals surface area contributed by atoms with E-state index in [0.29, 0.717) is 35.0 Å². The molecule has 0 radical (unpaired) electrons. The molecule has 1 aromatic heterocycles. The van der Waals surface area contributed by atoms with E-state index in [0.717, 1.165) is 9.87 Å². The number of carbonyl (C=O) groups excluding carboxylic acids is 2. The summed E-state index contributed by atoms with van der Waals surface area (Å²) in [6, 6.07) is 14.5. The normalized spacial score (nSPS) is 12.4. The minimum absolute atomic E-state index is 0.0394. The topological polar surface area (TPSA) is 117 Å². The molecule has 0 bridgehead atoms. The van der Waals surface area contributed by atoms with Gasteiger partial charge in [-0.1, -0.05) is 48.0 Å². The number of aryl methyl sites for hydroxylation is 2. The molecule has 1 amide bonds. The zero-order valence-electron chi connectivity index (χ0n) is 22.3. The lowest BCUT2D eigenvalue weighted by Crippen LogP contribution is -2.36. The summed E-state index contributed by atoms with van der Waals surface area (Å²) in [5.41, 5.74) is 1.43. The monoisotopic (exact) mass is 593 g/mol. The highest BCUT2D eigenvalue weighted by molar-refractivity contribution is 7.89. The lowest BCUT2D eigenvalue weighted by atomic mass is 10.1. The molecule has 0 saturated heterocycles. The summed E-state index contributed by atoms with van der Waals surface area (Å²) >= 11 is 7.53. The fourth-order valence-corrected chi connectivity index (χ4v) is 5.82. The van der Waals surface area contributed by atoms with Crippen LogP contribution in [-0.2, 0) is 27.8 Å². The first-order valence-corrected chi connectivity index (χ1v) is 15.0. The van der Waals surface area contributed by atoms with Gasteiger partial charge >= 0.3 is 0 Å². The van der Waals surface area contributed by atoms with Crippen LogP contribution < -0.4 is 4.74 Å². The molecule has 2 aromatic carbocycles. The summed E-state index contributed by atoms with van der Waals surface area (Å²) in [5, 5.41) is 11.6. The van der Waals surface area contributed by atoms with E-state index in [1.54, 1.807) is 19.1 Å². The van der Waals surface area contributed by atoms with E-state index in [1.165, 1.54) is 43.5 Å². The SMILES string of the molecule is COc1ccc(C(O)C(=O)N(CCCc2ccccc2)Cc2nc(C(=O)CS(=O)(=O)N(C)C)c(C)s2)c(Cl)c1. The highest BCUT2D eigenvalue weighted by Gasteiger charge is 2.28. The first kappa shape index (κ1) is 30.7. The van der Waals surface area contributed by atoms with E-state index in [2.05, 4.69) is 4.98 Å². The number of aromatic nitrogens is 1. The van der Waals surface area contributed by atoms with Crippen molar-refractivity contribution in [2.75, 3.05) is 33.5 Å². The zero-order chi connectivity index (χ0) is 28.7. The van der Waals surface area contributed by atoms with Gasteiger partial charge in [0.1, 0.15) is 22.2 Å². The van der Waals surface area contributed by atoms with Crippen LogP contribution in [0, 0.1) is 6.92 Å². The number of thiazole rings is 1. The number of Topliss-reactive ketones (excluding diaryl/α,β-unsaturated/α-hetero) is 1. The van der Waals surface area contributed by atoms with Crippen molar-refractivity contribution >= 4 is 44.7 Å². The number of ether oxygens (including phenoxy) is 1. The van der Waals surface area contributed by atoms with E-state index in [9.17, 15) is 23.1 Å². The van der Waals surface area contributed by atoms with Crippen LogP contribution in [0.2, 0.25) is 5.02 Å². The smallest absolute Gasteiger partial charge is 0.256 e. The summed E-state index contributed by atoms with van der Waals surface area (Å²) < 4.78 is 30.5. The van der Waals surface area contributed by atoms with Crippen LogP contribution in [-0.4, -0.2) is 72.9 Å². The van der Waals surface area contributed by atoms with Crippen molar-refractivity contribution in [3.8, 4) is 5.75 Å². The van der Waals surface area contributed by atoms with Gasteiger partial charge in [-0.3, -0.25) is 9.59 Å². The lowest BCUT2D eigenvalue weighted by Gasteiger charge is -2.25. The minimum Gasteiger partial charge on any atom is -0.497 e. The molecule has 3 rings (SSSR count). The van der Waals surface area contributed by atoms with E-state index >= 15 is 0 Å². The Kier molecular flexibility index (Phi) is 10.6. The number of rotatable bonds is 13. The molecule has 0 aliphatic carbocycles. The first-order chi connectivity index (χ1) is 18.4. The maximum absolute atomic E-state index is 13.5. The van der Waals surface area contributed by atoms with Crippen molar-refractivity contribution in [1.82, 2.24) is 14.2 Å². The number of hydrogen-bond acceptors (Lipinski definition) is 8. The van der Waals surface area contributed by atoms with Gasteiger partial charge in [0.2, 0.25) is 10.0 Å². The largest absolute Gasteiger partial charge is 0.497 e. The molecule has 1 atom stereocenters. The highest BCUT2D eigenvalue weighted by atomic mass is 35.5. The van der Waals surface area contributed by atoms with Crippen molar-refractivity contribution in [3.05, 3.63) is 80.3 Å². The second-order valence-corrected chi connectivity index (χ2v) is 13.0. The molecule has 3 aromatic rings. The predicted molar refractivity (Wildman–Crippen MR) is 152 cm³/mol. The molecule has 0 fully saturated rings. The number of carbonyl (C=O) groups is 2. The maximum atomic E-state index is 13.5. The Morgan fingerprint density at radius 3 is 2.46 bits per heavy atom. The lowest BCUT2D eigenvalue weighted by molar-refractivity contribution is -0.141. The number of methoxy groups -OCH3 is 1. The summed E-state index contributed by atoms with van der Waals surface area (Å²) in [5.74, 6) is -1.38. The average Bonchev–Trinajstić information content (AvgIpc) is 3.27. The molecule has 210 valence electrons. The van der Waals surface area contributed by atoms with Crippen molar-refractivity contribution in [3.63, 3.8) is 0 Å². The van der Waals surface area contributed by atoms with E-state index in [1.807, 2.05) is 30.3 Å². The summed E-state index contributed by atoms with van der Waals surface area (Å²) in [6.07, 6.45) is -0.184. The van der Waals surface area contributed by atoms with E-state index < -0.39 is 33.6 Å². The summed E-state index contributed by atoms with van der Waals surface area (Å²) in [4.78, 5) is 32.6. The number of halogens is 1. The van der Waals surface area contributed by atoms with Gasteiger partial charge in [-0.15, -0.1) is 11.3 Å². The zero-order valence-corrected chi connectivity index (χ0v) is 24.6. The molecular weight excluding hydrogens is 562 g/mol. The number of sulfonamides is 1. The van der Waals surface area contributed by atoms with E-state index in [4.69, 9.17) is 16.3 Å². The van der Waals surface area contributed by atoms with Crippen molar-refractivity contribution < 1.29 is 27.9 Å². The molecule has 0 aliphatic rings. The third kappa shape index (κ3) is 8.09. The van der Waals surface area contributed by atoms with Crippen molar-refractivity contribution in [2.45, 2.75) is 32.4 Å². The predicted octanol–water partition coefficient (Wildman–Crippen LogP) is 3.88. The molecule has 12 heteroatoms. The third-order valence-corrected chi connectivity index (χ3v) is 9.11. The molecule has 9 nitrogen and oxygen atoms in total. The van der Waals surface area contributed by atoms with Gasteiger partial charge < -0.3 is 14.7 Å². The third-order valence-electron chi connectivity index (χ3n) is 6.09. The number of ketones is 1. The number of amides is 1. The molecule has 1 N–H and O–H groups in total. The second-order valence-electron chi connectivity index (χ2n) is 9.11. The number of hydrogen-bond donors (Lipinski definition) is 1. The Hall–Kier alpha value is -2.83. The number of aliphatic hydroxyl groups is 1. The molecular formula is C27H32ClN3O6S2. The number of aliphatic hydroxyl groups excluding tert-OH is 1. The van der Waals surface area contributed by atoms with Gasteiger partial charge in [0.05, 0.1) is 18.7 Å². The van der Waals surface area contributed by atoms with Gasteiger partial charge in [-0.05, 0) is 37.5 Å². The van der Waals surface area contributed by atoms with E-state index in [-0.39, 0.29) is 22.8 Å². The van der Waals surface area contributed by atoms with Crippen LogP contribution in [0.4, 0.5) is 0 Å². The fourth-order valence-electron chi connectivity index (χ4n) is 3.85. The van der Waals surface area contributed by atoms with Crippen LogP contribution >= 0.6 is 22.9 Å². The van der Waals surface area contributed by atoms with Crippen LogP contribution in [0.1, 0.15) is 44.0 Å². The Morgan fingerprint density at radius 2 is 1.85 bits per heavy atom. The standard InChI is InChI=1S/C27H32ClN3O6S2/c1-18-25(23(32)17-39(35,36)30(2)3)29-24(38-18)16-31(14-8-11-19-9-6-5-7-10-19)27(34)26(33)21-13-12-20(37-4)15-22(21)28/h5-7,9-10,12-13,15,26,33H,8,11,14,16-17H2,1-4H3. The van der Waals surface area contributed by atoms with Gasteiger partial charge in [-0.25, -0.2) is 17.7 Å². The Morgan fingerprint density at radius 1 is 1.15 bits per heavy atom. The Bertz CT molecular complexity index is 1410. The quantitative estimate of drug-likeness (QED) is 0.299. The molecule has 0 saturated carbocycles. The number of benzene rings is 2. The molecule has 0 aliphatic heterocycles. The molecule has 1 heterocycles. The summed E-state index contributed by atoms with van der Waals surface area (Å²) in [6.45, 7) is 2.04. The van der Waals surface area contributed by atoms with Gasteiger partial charge in [0, 0.05) is 31.1 Å². The van der Waals surface area contributed by atoms with Crippen molar-refractivity contribution in [1.29, 1.82) is 0 Å². The minimum atomic E-state index is -3.75. The molecule has 39 heavy (non-hydrogen) atoms. The number of nitrogens with zero attached hydrogens (tertiary/aromatic N) is 3. The highest BCUT2D eigenvalue weighted by Crippen LogP contribution is 2.29. The van der Waals surface area contributed by atoms with Crippen LogP contribution in [0.3, 0.4) is 0 Å². The first-order valence-electron chi connectivity index (χ1n) is 12.2. The molecule has 0 spiro atoms. The summed E-state index contributed by atoms with van der Waals surface area (Å²) in [7, 11) is 0.468. The second kappa shape index (κ2) is 13.5. The average molecular weight is 594 g/mol. The van der Waals surface area contributed by atoms with Crippen LogP contribution in [0.5, 0.6) is 5.75 Å². The van der Waals surface area contributed by atoms with Crippen molar-refractivity contribution in [2.24, 2.45) is 0 Å². The Balaban J connectivity index is 1.83. The fraction of sp³-hybridized carbons (Fsp3) is 0.370. The van der Waals surface area contributed by atoms with Gasteiger partial charge in [0.15, 0.2) is 11.9 Å².